The summed E-state index contributed by atoms with van der Waals surface area (Å²) in [5.41, 5.74) is 4.40. The minimum absolute atomic E-state index is 0.713. The highest BCUT2D eigenvalue weighted by Crippen LogP contribution is 2.27. The quantitative estimate of drug-likeness (QED) is 0.799. The summed E-state index contributed by atoms with van der Waals surface area (Å²) in [5.74, 6) is 0.713. The second-order valence-electron chi connectivity index (χ2n) is 5.80. The lowest BCUT2D eigenvalue weighted by atomic mass is 9.99. The van der Waals surface area contributed by atoms with Gasteiger partial charge in [0.15, 0.2) is 0 Å². The van der Waals surface area contributed by atoms with Gasteiger partial charge in [0.25, 0.3) is 0 Å². The van der Waals surface area contributed by atoms with Crippen LogP contribution in [0.3, 0.4) is 0 Å². The van der Waals surface area contributed by atoms with Gasteiger partial charge in [-0.1, -0.05) is 61.5 Å². The lowest BCUT2D eigenvalue weighted by Crippen LogP contribution is -2.19. The number of hydrogen-bond donors (Lipinski definition) is 0. The maximum Gasteiger partial charge on any atom is 0.0234 e. The van der Waals surface area contributed by atoms with E-state index >= 15 is 0 Å². The molecule has 104 valence electrons. The SMILES string of the molecule is CCc1cccc(CN2CC[C@H](c3ccccc3)C2)c1. The summed E-state index contributed by atoms with van der Waals surface area (Å²) in [6, 6.07) is 20.0. The molecule has 0 radical (unpaired) electrons. The van der Waals surface area contributed by atoms with Crippen LogP contribution in [0.15, 0.2) is 54.6 Å². The van der Waals surface area contributed by atoms with Crippen molar-refractivity contribution in [3.05, 3.63) is 71.3 Å². The van der Waals surface area contributed by atoms with E-state index in [2.05, 4.69) is 66.4 Å². The van der Waals surface area contributed by atoms with E-state index in [0.717, 1.165) is 13.0 Å². The number of likely N-dealkylation sites (tertiary alicyclic amines) is 1. The molecule has 0 amide bonds. The monoisotopic (exact) mass is 265 g/mol. The molecule has 3 rings (SSSR count). The van der Waals surface area contributed by atoms with Crippen molar-refractivity contribution in [2.45, 2.75) is 32.2 Å². The van der Waals surface area contributed by atoms with E-state index in [1.165, 1.54) is 36.2 Å². The van der Waals surface area contributed by atoms with Crippen LogP contribution in [-0.2, 0) is 13.0 Å². The van der Waals surface area contributed by atoms with Crippen LogP contribution in [0.4, 0.5) is 0 Å². The molecule has 1 heteroatoms. The number of hydrogen-bond acceptors (Lipinski definition) is 1. The van der Waals surface area contributed by atoms with Crippen LogP contribution >= 0.6 is 0 Å². The fourth-order valence-corrected chi connectivity index (χ4v) is 3.18. The van der Waals surface area contributed by atoms with Gasteiger partial charge in [0.05, 0.1) is 0 Å². The Kier molecular flexibility index (Phi) is 4.17. The molecule has 20 heavy (non-hydrogen) atoms. The predicted molar refractivity (Wildman–Crippen MR) is 84.9 cm³/mol. The molecule has 1 nitrogen and oxygen atoms in total. The Balaban J connectivity index is 1.63. The summed E-state index contributed by atoms with van der Waals surface area (Å²) in [4.78, 5) is 2.59. The Morgan fingerprint density at radius 3 is 2.60 bits per heavy atom. The topological polar surface area (TPSA) is 3.24 Å². The van der Waals surface area contributed by atoms with E-state index in [1.807, 2.05) is 0 Å². The van der Waals surface area contributed by atoms with Crippen molar-refractivity contribution < 1.29 is 0 Å². The van der Waals surface area contributed by atoms with Gasteiger partial charge in [-0.15, -0.1) is 0 Å². The van der Waals surface area contributed by atoms with Gasteiger partial charge in [0.2, 0.25) is 0 Å². The van der Waals surface area contributed by atoms with Crippen LogP contribution in [0.2, 0.25) is 0 Å². The number of nitrogens with zero attached hydrogens (tertiary/aromatic N) is 1. The van der Waals surface area contributed by atoms with Gasteiger partial charge in [-0.25, -0.2) is 0 Å². The minimum Gasteiger partial charge on any atom is -0.298 e. The van der Waals surface area contributed by atoms with Crippen molar-refractivity contribution in [2.75, 3.05) is 13.1 Å². The molecule has 0 unspecified atom stereocenters. The molecule has 1 aliphatic heterocycles. The Hall–Kier alpha value is -1.60. The van der Waals surface area contributed by atoms with Crippen molar-refractivity contribution in [2.24, 2.45) is 0 Å². The molecule has 1 fully saturated rings. The Labute approximate surface area is 122 Å². The van der Waals surface area contributed by atoms with E-state index in [9.17, 15) is 0 Å². The molecule has 1 saturated heterocycles. The number of aryl methyl sites for hydroxylation is 1. The molecule has 2 aromatic rings. The average molecular weight is 265 g/mol. The Morgan fingerprint density at radius 1 is 1.00 bits per heavy atom. The van der Waals surface area contributed by atoms with Crippen LogP contribution in [-0.4, -0.2) is 18.0 Å². The maximum absolute atomic E-state index is 2.59. The summed E-state index contributed by atoms with van der Waals surface area (Å²) in [6.07, 6.45) is 2.41. The van der Waals surface area contributed by atoms with Crippen molar-refractivity contribution in [1.82, 2.24) is 4.90 Å². The first-order chi connectivity index (χ1) is 9.85. The normalized spacial score (nSPS) is 19.4. The van der Waals surface area contributed by atoms with Gasteiger partial charge in [0, 0.05) is 13.1 Å². The summed E-state index contributed by atoms with van der Waals surface area (Å²) in [7, 11) is 0. The maximum atomic E-state index is 2.59. The minimum atomic E-state index is 0.713. The first-order valence-electron chi connectivity index (χ1n) is 7.70. The largest absolute Gasteiger partial charge is 0.298 e. The van der Waals surface area contributed by atoms with Crippen molar-refractivity contribution in [3.8, 4) is 0 Å². The van der Waals surface area contributed by atoms with Crippen molar-refractivity contribution >= 4 is 0 Å². The van der Waals surface area contributed by atoms with Crippen LogP contribution < -0.4 is 0 Å². The van der Waals surface area contributed by atoms with Gasteiger partial charge in [-0.05, 0) is 42.0 Å². The zero-order valence-electron chi connectivity index (χ0n) is 12.3. The molecule has 0 saturated carbocycles. The fraction of sp³-hybridized carbons (Fsp3) is 0.368. The first kappa shape index (κ1) is 13.4. The predicted octanol–water partition coefficient (Wildman–Crippen LogP) is 4.24. The van der Waals surface area contributed by atoms with E-state index in [4.69, 9.17) is 0 Å². The van der Waals surface area contributed by atoms with E-state index in [-0.39, 0.29) is 0 Å². The molecule has 0 bridgehead atoms. The highest BCUT2D eigenvalue weighted by molar-refractivity contribution is 5.24. The molecule has 1 atom stereocenters. The molecule has 1 aliphatic rings. The van der Waals surface area contributed by atoms with Crippen LogP contribution in [0.5, 0.6) is 0 Å². The van der Waals surface area contributed by atoms with Crippen molar-refractivity contribution in [3.63, 3.8) is 0 Å². The Morgan fingerprint density at radius 2 is 1.80 bits per heavy atom. The molecule has 0 aromatic heterocycles. The van der Waals surface area contributed by atoms with Crippen molar-refractivity contribution in [1.29, 1.82) is 0 Å². The van der Waals surface area contributed by atoms with E-state index in [1.54, 1.807) is 0 Å². The smallest absolute Gasteiger partial charge is 0.0234 e. The van der Waals surface area contributed by atoms with Crippen LogP contribution in [0, 0.1) is 0 Å². The average Bonchev–Trinajstić information content (AvgIpc) is 2.97. The highest BCUT2D eigenvalue weighted by Gasteiger charge is 2.23. The number of benzene rings is 2. The lowest BCUT2D eigenvalue weighted by Gasteiger charge is -2.16. The summed E-state index contributed by atoms with van der Waals surface area (Å²) >= 11 is 0. The van der Waals surface area contributed by atoms with Gasteiger partial charge < -0.3 is 0 Å². The standard InChI is InChI=1S/C19H23N/c1-2-16-7-6-8-17(13-16)14-20-12-11-19(15-20)18-9-4-3-5-10-18/h3-10,13,19H,2,11-12,14-15H2,1H3/t19-/m0/s1. The summed E-state index contributed by atoms with van der Waals surface area (Å²) in [5, 5.41) is 0. The first-order valence-corrected chi connectivity index (χ1v) is 7.70. The summed E-state index contributed by atoms with van der Waals surface area (Å²) in [6.45, 7) is 5.73. The second-order valence-corrected chi connectivity index (χ2v) is 5.80. The molecule has 0 N–H and O–H groups in total. The van der Waals surface area contributed by atoms with E-state index in [0.29, 0.717) is 5.92 Å². The molecular weight excluding hydrogens is 242 g/mol. The van der Waals surface area contributed by atoms with Gasteiger partial charge in [-0.2, -0.15) is 0 Å². The van der Waals surface area contributed by atoms with Crippen LogP contribution in [0.1, 0.15) is 36.0 Å². The fourth-order valence-electron chi connectivity index (χ4n) is 3.18. The molecular formula is C19H23N. The third kappa shape index (κ3) is 3.10. The third-order valence-corrected chi connectivity index (χ3v) is 4.35. The van der Waals surface area contributed by atoms with Crippen LogP contribution in [0.25, 0.3) is 0 Å². The highest BCUT2D eigenvalue weighted by atomic mass is 15.1. The molecule has 1 heterocycles. The molecule has 0 aliphatic carbocycles. The zero-order chi connectivity index (χ0) is 13.8. The van der Waals surface area contributed by atoms with Gasteiger partial charge in [0.1, 0.15) is 0 Å². The van der Waals surface area contributed by atoms with Gasteiger partial charge >= 0.3 is 0 Å². The van der Waals surface area contributed by atoms with Gasteiger partial charge in [-0.3, -0.25) is 4.90 Å². The second kappa shape index (κ2) is 6.23. The van der Waals surface area contributed by atoms with E-state index < -0.39 is 0 Å². The Bertz CT molecular complexity index is 547. The zero-order valence-corrected chi connectivity index (χ0v) is 12.3. The molecule has 0 spiro atoms. The lowest BCUT2D eigenvalue weighted by molar-refractivity contribution is 0.327. The summed E-state index contributed by atoms with van der Waals surface area (Å²) < 4.78 is 0. The number of rotatable bonds is 4. The molecule has 2 aromatic carbocycles. The third-order valence-electron chi connectivity index (χ3n) is 4.35.